The Balaban J connectivity index is 1.38. The number of hydrogen-bond acceptors (Lipinski definition) is 3. The van der Waals surface area contributed by atoms with Crippen molar-refractivity contribution < 1.29 is 9.47 Å². The number of benzene rings is 3. The molecule has 0 aliphatic carbocycles. The molecule has 0 spiro atoms. The summed E-state index contributed by atoms with van der Waals surface area (Å²) in [5.74, 6) is 1.59. The van der Waals surface area contributed by atoms with Gasteiger partial charge < -0.3 is 9.47 Å². The predicted octanol–water partition coefficient (Wildman–Crippen LogP) is 5.48. The van der Waals surface area contributed by atoms with E-state index in [1.54, 1.807) is 6.20 Å². The second kappa shape index (κ2) is 9.05. The molecular formula is C25H23NO2. The molecule has 0 aliphatic rings. The molecule has 140 valence electrons. The van der Waals surface area contributed by atoms with Crippen molar-refractivity contribution in [3.63, 3.8) is 0 Å². The number of nitrogens with zero attached hydrogens (tertiary/aromatic N) is 1. The van der Waals surface area contributed by atoms with E-state index in [1.807, 2.05) is 60.7 Å². The summed E-state index contributed by atoms with van der Waals surface area (Å²) >= 11 is 0. The largest absolute Gasteiger partial charge is 0.492 e. The molecule has 4 rings (SSSR count). The summed E-state index contributed by atoms with van der Waals surface area (Å²) in [7, 11) is 0. The Labute approximate surface area is 165 Å². The third kappa shape index (κ3) is 4.68. The van der Waals surface area contributed by atoms with E-state index in [2.05, 4.69) is 29.2 Å². The van der Waals surface area contributed by atoms with Gasteiger partial charge in [0.2, 0.25) is 0 Å². The first-order valence-corrected chi connectivity index (χ1v) is 9.61. The van der Waals surface area contributed by atoms with Crippen LogP contribution in [-0.4, -0.2) is 18.2 Å². The van der Waals surface area contributed by atoms with Crippen LogP contribution >= 0.6 is 0 Å². The first-order chi connectivity index (χ1) is 13.9. The molecule has 0 saturated carbocycles. The van der Waals surface area contributed by atoms with Crippen molar-refractivity contribution in [1.82, 2.24) is 4.98 Å². The Morgan fingerprint density at radius 1 is 0.643 bits per heavy atom. The molecule has 0 atom stereocenters. The van der Waals surface area contributed by atoms with Gasteiger partial charge in [0.05, 0.1) is 19.4 Å². The number of ether oxygens (including phenoxy) is 2. The molecule has 0 N–H and O–H groups in total. The quantitative estimate of drug-likeness (QED) is 0.412. The van der Waals surface area contributed by atoms with Gasteiger partial charge in [0.1, 0.15) is 17.0 Å². The third-order valence-electron chi connectivity index (χ3n) is 4.64. The molecule has 1 heterocycles. The normalized spacial score (nSPS) is 10.7. The van der Waals surface area contributed by atoms with Crippen LogP contribution in [0.4, 0.5) is 0 Å². The van der Waals surface area contributed by atoms with Gasteiger partial charge >= 0.3 is 0 Å². The number of hydrogen-bond donors (Lipinski definition) is 0. The van der Waals surface area contributed by atoms with Crippen molar-refractivity contribution in [3.05, 3.63) is 102 Å². The summed E-state index contributed by atoms with van der Waals surface area (Å²) in [5.41, 5.74) is 3.40. The summed E-state index contributed by atoms with van der Waals surface area (Å²) in [5, 5.41) is 1.02. The summed E-state index contributed by atoms with van der Waals surface area (Å²) < 4.78 is 11.9. The van der Waals surface area contributed by atoms with E-state index in [0.29, 0.717) is 13.2 Å². The first-order valence-electron chi connectivity index (χ1n) is 9.61. The summed E-state index contributed by atoms with van der Waals surface area (Å²) in [6.07, 6.45) is 3.52. The molecule has 0 aliphatic heterocycles. The van der Waals surface area contributed by atoms with Crippen LogP contribution in [0.1, 0.15) is 11.1 Å². The van der Waals surface area contributed by atoms with Crippen LogP contribution in [0.15, 0.2) is 91.1 Å². The second-order valence-electron chi connectivity index (χ2n) is 6.67. The Bertz CT molecular complexity index is 1020. The molecule has 3 aromatic carbocycles. The highest BCUT2D eigenvalue weighted by Gasteiger charge is 2.06. The molecule has 4 aromatic rings. The summed E-state index contributed by atoms with van der Waals surface area (Å²) in [6, 6.07) is 28.7. The first kappa shape index (κ1) is 18.1. The minimum Gasteiger partial charge on any atom is -0.492 e. The molecule has 0 amide bonds. The van der Waals surface area contributed by atoms with E-state index in [1.165, 1.54) is 11.1 Å². The molecular weight excluding hydrogens is 346 g/mol. The molecule has 0 radical (unpaired) electrons. The third-order valence-corrected chi connectivity index (χ3v) is 4.64. The summed E-state index contributed by atoms with van der Waals surface area (Å²) in [4.78, 5) is 4.58. The fraction of sp³-hybridized carbons (Fsp3) is 0.160. The fourth-order valence-corrected chi connectivity index (χ4v) is 3.16. The lowest BCUT2D eigenvalue weighted by molar-refractivity contribution is 0.320. The highest BCUT2D eigenvalue weighted by atomic mass is 16.5. The Morgan fingerprint density at radius 3 is 1.96 bits per heavy atom. The van der Waals surface area contributed by atoms with E-state index in [-0.39, 0.29) is 0 Å². The van der Waals surface area contributed by atoms with Crippen molar-refractivity contribution in [1.29, 1.82) is 0 Å². The fourth-order valence-electron chi connectivity index (χ4n) is 3.16. The lowest BCUT2D eigenvalue weighted by Gasteiger charge is -2.11. The topological polar surface area (TPSA) is 31.4 Å². The number of fused-ring (bicyclic) bond motifs is 1. The second-order valence-corrected chi connectivity index (χ2v) is 6.67. The van der Waals surface area contributed by atoms with Gasteiger partial charge in [-0.15, -0.1) is 0 Å². The van der Waals surface area contributed by atoms with E-state index >= 15 is 0 Å². The smallest absolute Gasteiger partial charge is 0.145 e. The molecule has 0 fully saturated rings. The maximum absolute atomic E-state index is 6.00. The molecule has 1 aromatic heterocycles. The van der Waals surface area contributed by atoms with E-state index in [9.17, 15) is 0 Å². The van der Waals surface area contributed by atoms with Crippen molar-refractivity contribution in [2.24, 2.45) is 0 Å². The highest BCUT2D eigenvalue weighted by molar-refractivity contribution is 5.85. The van der Waals surface area contributed by atoms with Crippen LogP contribution in [0.5, 0.6) is 11.5 Å². The van der Waals surface area contributed by atoms with Gasteiger partial charge in [-0.1, -0.05) is 72.8 Å². The SMILES string of the molecule is c1ccc(CCOc2cnc3c(OCCc4ccccc4)cccc3c2)cc1. The van der Waals surface area contributed by atoms with Gasteiger partial charge in [-0.05, 0) is 23.3 Å². The zero-order valence-corrected chi connectivity index (χ0v) is 15.8. The van der Waals surface area contributed by atoms with Crippen molar-refractivity contribution in [2.45, 2.75) is 12.8 Å². The van der Waals surface area contributed by atoms with Crippen molar-refractivity contribution >= 4 is 10.9 Å². The van der Waals surface area contributed by atoms with Crippen LogP contribution < -0.4 is 9.47 Å². The van der Waals surface area contributed by atoms with Gasteiger partial charge in [0, 0.05) is 18.2 Å². The van der Waals surface area contributed by atoms with Crippen LogP contribution in [-0.2, 0) is 12.8 Å². The van der Waals surface area contributed by atoms with Crippen LogP contribution in [0.3, 0.4) is 0 Å². The van der Waals surface area contributed by atoms with Gasteiger partial charge in [-0.3, -0.25) is 0 Å². The molecule has 28 heavy (non-hydrogen) atoms. The highest BCUT2D eigenvalue weighted by Crippen LogP contribution is 2.26. The molecule has 3 nitrogen and oxygen atoms in total. The number of rotatable bonds is 8. The van der Waals surface area contributed by atoms with Crippen molar-refractivity contribution in [2.75, 3.05) is 13.2 Å². The lowest BCUT2D eigenvalue weighted by Crippen LogP contribution is -2.03. The van der Waals surface area contributed by atoms with Gasteiger partial charge in [0.15, 0.2) is 0 Å². The monoisotopic (exact) mass is 369 g/mol. The minimum atomic E-state index is 0.625. The molecule has 0 saturated heterocycles. The maximum atomic E-state index is 6.00. The summed E-state index contributed by atoms with van der Waals surface area (Å²) in [6.45, 7) is 1.25. The van der Waals surface area contributed by atoms with Crippen LogP contribution in [0, 0.1) is 0 Å². The predicted molar refractivity (Wildman–Crippen MR) is 113 cm³/mol. The minimum absolute atomic E-state index is 0.625. The van der Waals surface area contributed by atoms with Crippen molar-refractivity contribution in [3.8, 4) is 11.5 Å². The Kier molecular flexibility index (Phi) is 5.83. The lowest BCUT2D eigenvalue weighted by atomic mass is 10.1. The molecule has 3 heteroatoms. The van der Waals surface area contributed by atoms with Crippen LogP contribution in [0.2, 0.25) is 0 Å². The Morgan fingerprint density at radius 2 is 1.29 bits per heavy atom. The van der Waals surface area contributed by atoms with E-state index in [0.717, 1.165) is 35.2 Å². The van der Waals surface area contributed by atoms with E-state index in [4.69, 9.17) is 9.47 Å². The van der Waals surface area contributed by atoms with Gasteiger partial charge in [0.25, 0.3) is 0 Å². The standard InChI is InChI=1S/C25H23NO2/c1-3-8-20(9-4-1)14-16-27-23-18-22-12-7-13-24(25(22)26-19-23)28-17-15-21-10-5-2-6-11-21/h1-13,18-19H,14-17H2. The van der Waals surface area contributed by atoms with E-state index < -0.39 is 0 Å². The zero-order chi connectivity index (χ0) is 19.0. The van der Waals surface area contributed by atoms with Gasteiger partial charge in [-0.25, -0.2) is 4.98 Å². The zero-order valence-electron chi connectivity index (χ0n) is 15.8. The number of pyridine rings is 1. The molecule has 0 unspecified atom stereocenters. The van der Waals surface area contributed by atoms with Crippen LogP contribution in [0.25, 0.3) is 10.9 Å². The molecule has 0 bridgehead atoms. The number of para-hydroxylation sites is 1. The number of aromatic nitrogens is 1. The Hall–Kier alpha value is -3.33. The average Bonchev–Trinajstić information content (AvgIpc) is 2.75. The van der Waals surface area contributed by atoms with Gasteiger partial charge in [-0.2, -0.15) is 0 Å². The maximum Gasteiger partial charge on any atom is 0.145 e. The average molecular weight is 369 g/mol.